The number of rotatable bonds is 5. The smallest absolute Gasteiger partial charge is 0.205 e. The molecule has 1 aromatic rings. The molecule has 0 heterocycles. The molecule has 0 aromatic heterocycles. The van der Waals surface area contributed by atoms with Gasteiger partial charge in [0.25, 0.3) is 0 Å². The predicted octanol–water partition coefficient (Wildman–Crippen LogP) is 6.12. The van der Waals surface area contributed by atoms with Crippen LogP contribution in [0.2, 0.25) is 5.02 Å². The Kier molecular flexibility index (Phi) is 5.87. The first-order valence-corrected chi connectivity index (χ1v) is 7.05. The molecule has 0 N–H and O–H groups in total. The molecule has 0 aliphatic carbocycles. The van der Waals surface area contributed by atoms with Crippen LogP contribution in [0.4, 0.5) is 17.6 Å². The fourth-order valence-corrected chi connectivity index (χ4v) is 2.26. The zero-order chi connectivity index (χ0) is 15.5. The van der Waals surface area contributed by atoms with Crippen molar-refractivity contribution in [2.45, 2.75) is 52.1 Å². The average Bonchev–Trinajstić information content (AvgIpc) is 2.31. The van der Waals surface area contributed by atoms with Gasteiger partial charge in [-0.15, -0.1) is 0 Å². The minimum atomic E-state index is -4.15. The number of alkyl halides is 3. The van der Waals surface area contributed by atoms with E-state index in [4.69, 9.17) is 11.6 Å². The molecule has 0 saturated carbocycles. The van der Waals surface area contributed by atoms with Gasteiger partial charge in [-0.25, -0.2) is 4.39 Å². The molecule has 0 aliphatic rings. The predicted molar refractivity (Wildman–Crippen MR) is 73.7 cm³/mol. The van der Waals surface area contributed by atoms with Crippen molar-refractivity contribution < 1.29 is 17.6 Å². The fraction of sp³-hybridized carbons (Fsp3) is 0.600. The Balaban J connectivity index is 2.70. The van der Waals surface area contributed by atoms with E-state index in [2.05, 4.69) is 0 Å². The highest BCUT2D eigenvalue weighted by molar-refractivity contribution is 6.30. The number of benzene rings is 1. The molecule has 20 heavy (non-hydrogen) atoms. The first-order valence-electron chi connectivity index (χ1n) is 6.67. The molecule has 0 bridgehead atoms. The maximum Gasteiger partial charge on any atom is 0.391 e. The van der Waals surface area contributed by atoms with Crippen molar-refractivity contribution in [3.05, 3.63) is 34.1 Å². The Morgan fingerprint density at radius 1 is 1.15 bits per heavy atom. The standard InChI is InChI=1S/C15H19ClF4/c1-9(2)12-7-11(8-13(16)14(12)17)6-4-5-10(3)15(18,19)20/h7-10H,4-6H2,1-3H3/t10-/m1/s1. The van der Waals surface area contributed by atoms with Crippen molar-refractivity contribution in [2.24, 2.45) is 5.92 Å². The van der Waals surface area contributed by atoms with Gasteiger partial charge in [0.05, 0.1) is 10.9 Å². The second-order valence-electron chi connectivity index (χ2n) is 5.47. The zero-order valence-corrected chi connectivity index (χ0v) is 12.6. The van der Waals surface area contributed by atoms with Gasteiger partial charge >= 0.3 is 6.18 Å². The van der Waals surface area contributed by atoms with E-state index in [1.54, 1.807) is 6.07 Å². The van der Waals surface area contributed by atoms with Crippen LogP contribution in [0.3, 0.4) is 0 Å². The summed E-state index contributed by atoms with van der Waals surface area (Å²) in [6.07, 6.45) is -3.21. The van der Waals surface area contributed by atoms with Crippen LogP contribution in [0.1, 0.15) is 50.7 Å². The van der Waals surface area contributed by atoms with Crippen LogP contribution in [-0.4, -0.2) is 6.18 Å². The Morgan fingerprint density at radius 2 is 1.75 bits per heavy atom. The summed E-state index contributed by atoms with van der Waals surface area (Å²) >= 11 is 5.82. The first-order chi connectivity index (χ1) is 9.12. The third-order valence-corrected chi connectivity index (χ3v) is 3.67. The molecule has 5 heteroatoms. The van der Waals surface area contributed by atoms with Crippen LogP contribution in [0.15, 0.2) is 12.1 Å². The average molecular weight is 311 g/mol. The summed E-state index contributed by atoms with van der Waals surface area (Å²) in [6.45, 7) is 4.88. The molecule has 0 radical (unpaired) electrons. The molecule has 0 nitrogen and oxygen atoms in total. The highest BCUT2D eigenvalue weighted by Crippen LogP contribution is 2.31. The second-order valence-corrected chi connectivity index (χ2v) is 5.88. The van der Waals surface area contributed by atoms with E-state index < -0.39 is 17.9 Å². The van der Waals surface area contributed by atoms with E-state index in [1.807, 2.05) is 13.8 Å². The Hall–Kier alpha value is -0.770. The van der Waals surface area contributed by atoms with Crippen molar-refractivity contribution in [3.63, 3.8) is 0 Å². The van der Waals surface area contributed by atoms with E-state index in [-0.39, 0.29) is 17.4 Å². The van der Waals surface area contributed by atoms with Gasteiger partial charge in [0.1, 0.15) is 5.82 Å². The van der Waals surface area contributed by atoms with E-state index in [0.29, 0.717) is 18.4 Å². The Morgan fingerprint density at radius 3 is 2.25 bits per heavy atom. The van der Waals surface area contributed by atoms with Crippen molar-refractivity contribution in [3.8, 4) is 0 Å². The Bertz CT molecular complexity index is 452. The second kappa shape index (κ2) is 6.79. The van der Waals surface area contributed by atoms with Crippen LogP contribution in [0.25, 0.3) is 0 Å². The van der Waals surface area contributed by atoms with Crippen LogP contribution < -0.4 is 0 Å². The van der Waals surface area contributed by atoms with Crippen molar-refractivity contribution in [1.82, 2.24) is 0 Å². The molecule has 1 atom stereocenters. The van der Waals surface area contributed by atoms with Crippen molar-refractivity contribution in [2.75, 3.05) is 0 Å². The van der Waals surface area contributed by atoms with Crippen LogP contribution >= 0.6 is 11.6 Å². The lowest BCUT2D eigenvalue weighted by molar-refractivity contribution is -0.171. The molecule has 0 unspecified atom stereocenters. The Labute approximate surface area is 122 Å². The highest BCUT2D eigenvalue weighted by atomic mass is 35.5. The molecule has 1 rings (SSSR count). The lowest BCUT2D eigenvalue weighted by atomic mass is 9.96. The normalized spacial score (nSPS) is 13.8. The highest BCUT2D eigenvalue weighted by Gasteiger charge is 2.35. The maximum absolute atomic E-state index is 13.8. The van der Waals surface area contributed by atoms with Gasteiger partial charge in [0.2, 0.25) is 0 Å². The molecular formula is C15H19ClF4. The van der Waals surface area contributed by atoms with Gasteiger partial charge < -0.3 is 0 Å². The monoisotopic (exact) mass is 310 g/mol. The van der Waals surface area contributed by atoms with E-state index >= 15 is 0 Å². The van der Waals surface area contributed by atoms with E-state index in [9.17, 15) is 17.6 Å². The molecule has 114 valence electrons. The third-order valence-electron chi connectivity index (χ3n) is 3.40. The summed E-state index contributed by atoms with van der Waals surface area (Å²) < 4.78 is 50.9. The molecule has 0 spiro atoms. The fourth-order valence-electron chi connectivity index (χ4n) is 2.01. The lowest BCUT2D eigenvalue weighted by Crippen LogP contribution is -2.19. The zero-order valence-electron chi connectivity index (χ0n) is 11.8. The number of aryl methyl sites for hydroxylation is 1. The van der Waals surface area contributed by atoms with Gasteiger partial charge in [0, 0.05) is 0 Å². The molecule has 0 aliphatic heterocycles. The number of halogens is 5. The summed E-state index contributed by atoms with van der Waals surface area (Å²) in [5.41, 5.74) is 1.30. The first kappa shape index (κ1) is 17.3. The molecule has 0 amide bonds. The lowest BCUT2D eigenvalue weighted by Gasteiger charge is -2.16. The van der Waals surface area contributed by atoms with E-state index in [1.165, 1.54) is 13.0 Å². The van der Waals surface area contributed by atoms with Crippen LogP contribution in [0.5, 0.6) is 0 Å². The van der Waals surface area contributed by atoms with Gasteiger partial charge in [-0.1, -0.05) is 38.4 Å². The van der Waals surface area contributed by atoms with Crippen molar-refractivity contribution in [1.29, 1.82) is 0 Å². The van der Waals surface area contributed by atoms with Gasteiger partial charge in [-0.2, -0.15) is 13.2 Å². The molecule has 0 fully saturated rings. The molecular weight excluding hydrogens is 292 g/mol. The topological polar surface area (TPSA) is 0 Å². The summed E-state index contributed by atoms with van der Waals surface area (Å²) in [4.78, 5) is 0. The van der Waals surface area contributed by atoms with E-state index in [0.717, 1.165) is 5.56 Å². The van der Waals surface area contributed by atoms with Crippen LogP contribution in [0, 0.1) is 11.7 Å². The van der Waals surface area contributed by atoms with Gasteiger partial charge in [-0.3, -0.25) is 0 Å². The van der Waals surface area contributed by atoms with Gasteiger partial charge in [0.15, 0.2) is 0 Å². The summed E-state index contributed by atoms with van der Waals surface area (Å²) in [5.74, 6) is -1.77. The largest absolute Gasteiger partial charge is 0.391 e. The minimum absolute atomic E-state index is 0.0125. The van der Waals surface area contributed by atoms with Crippen LogP contribution in [-0.2, 0) is 6.42 Å². The summed E-state index contributed by atoms with van der Waals surface area (Å²) in [5, 5.41) is 0.0371. The SMILES string of the molecule is CC(C)c1cc(CCC[C@@H](C)C(F)(F)F)cc(Cl)c1F. The van der Waals surface area contributed by atoms with Gasteiger partial charge in [-0.05, 0) is 42.4 Å². The van der Waals surface area contributed by atoms with Crippen molar-refractivity contribution >= 4 is 11.6 Å². The molecule has 0 saturated heterocycles. The quantitative estimate of drug-likeness (QED) is 0.574. The summed E-state index contributed by atoms with van der Waals surface area (Å²) in [7, 11) is 0. The number of hydrogen-bond acceptors (Lipinski definition) is 0. The summed E-state index contributed by atoms with van der Waals surface area (Å²) in [6, 6.07) is 3.20. The number of hydrogen-bond donors (Lipinski definition) is 0. The molecule has 1 aromatic carbocycles. The maximum atomic E-state index is 13.8. The third kappa shape index (κ3) is 4.65. The minimum Gasteiger partial charge on any atom is -0.205 e.